The predicted molar refractivity (Wildman–Crippen MR) is 51.7 cm³/mol. The molecule has 0 aromatic heterocycles. The second kappa shape index (κ2) is 3.59. The van der Waals surface area contributed by atoms with Crippen molar-refractivity contribution in [2.45, 2.75) is 12.6 Å². The van der Waals surface area contributed by atoms with Crippen LogP contribution in [0.15, 0.2) is 29.3 Å². The fourth-order valence-electron chi connectivity index (χ4n) is 1.36. The molecule has 0 bridgehead atoms. The quantitative estimate of drug-likeness (QED) is 0.708. The Morgan fingerprint density at radius 1 is 1.36 bits per heavy atom. The predicted octanol–water partition coefficient (Wildman–Crippen LogP) is 0.378. The largest absolute Gasteiger partial charge is 0.392 e. The number of aliphatic hydroxyl groups is 1. The topological polar surface area (TPSA) is 61.7 Å². The number of nitrogens with one attached hydrogen (secondary N) is 1. The van der Waals surface area contributed by atoms with Gasteiger partial charge in [0, 0.05) is 0 Å². The number of carbonyl (C=O) groups is 1. The highest BCUT2D eigenvalue weighted by molar-refractivity contribution is 5.97. The summed E-state index contributed by atoms with van der Waals surface area (Å²) in [6.07, 6.45) is 1.41. The zero-order valence-corrected chi connectivity index (χ0v) is 7.47. The van der Waals surface area contributed by atoms with E-state index in [1.807, 2.05) is 0 Å². The maximum Gasteiger partial charge on any atom is 0.254 e. The summed E-state index contributed by atoms with van der Waals surface area (Å²) in [7, 11) is 0. The molecule has 72 valence electrons. The van der Waals surface area contributed by atoms with Crippen molar-refractivity contribution in [2.75, 3.05) is 0 Å². The van der Waals surface area contributed by atoms with Crippen molar-refractivity contribution in [3.05, 3.63) is 35.4 Å². The molecule has 1 aromatic carbocycles. The van der Waals surface area contributed by atoms with Crippen LogP contribution in [0, 0.1) is 0 Å². The molecule has 1 aliphatic heterocycles. The first-order valence-electron chi connectivity index (χ1n) is 4.33. The van der Waals surface area contributed by atoms with Crippen LogP contribution in [0.4, 0.5) is 0 Å². The van der Waals surface area contributed by atoms with E-state index in [0.29, 0.717) is 0 Å². The summed E-state index contributed by atoms with van der Waals surface area (Å²) in [6.45, 7) is 0.0143. The Kier molecular flexibility index (Phi) is 2.28. The van der Waals surface area contributed by atoms with Gasteiger partial charge in [0.05, 0.1) is 12.9 Å². The van der Waals surface area contributed by atoms with E-state index in [9.17, 15) is 4.79 Å². The molecule has 0 radical (unpaired) electrons. The van der Waals surface area contributed by atoms with Gasteiger partial charge >= 0.3 is 0 Å². The standard InChI is InChI=1S/C10H10N2O2/c13-5-7-1-3-8(4-2-7)9-10(14)12-6-11-9/h1-4,6,9,13H,5H2,(H,11,12,14). The molecular formula is C10H10N2O2. The van der Waals surface area contributed by atoms with Crippen LogP contribution in [0.5, 0.6) is 0 Å². The molecule has 2 rings (SSSR count). The van der Waals surface area contributed by atoms with E-state index < -0.39 is 6.04 Å². The van der Waals surface area contributed by atoms with E-state index in [1.54, 1.807) is 24.3 Å². The van der Waals surface area contributed by atoms with Gasteiger partial charge in [0.1, 0.15) is 0 Å². The molecule has 0 fully saturated rings. The first-order chi connectivity index (χ1) is 6.81. The van der Waals surface area contributed by atoms with Crippen molar-refractivity contribution < 1.29 is 9.90 Å². The number of hydrogen-bond acceptors (Lipinski definition) is 3. The third-order valence-corrected chi connectivity index (χ3v) is 2.16. The molecule has 0 aliphatic carbocycles. The maximum absolute atomic E-state index is 11.2. The number of hydrogen-bond donors (Lipinski definition) is 2. The maximum atomic E-state index is 11.2. The lowest BCUT2D eigenvalue weighted by atomic mass is 10.1. The van der Waals surface area contributed by atoms with Gasteiger partial charge in [-0.3, -0.25) is 9.79 Å². The van der Waals surface area contributed by atoms with Crippen molar-refractivity contribution in [3.8, 4) is 0 Å². The number of carbonyl (C=O) groups excluding carboxylic acids is 1. The lowest BCUT2D eigenvalue weighted by Gasteiger charge is -2.05. The SMILES string of the molecule is O=C1NC=NC1c1ccc(CO)cc1. The van der Waals surface area contributed by atoms with Gasteiger partial charge in [-0.2, -0.15) is 0 Å². The summed E-state index contributed by atoms with van der Waals surface area (Å²) in [4.78, 5) is 15.2. The lowest BCUT2D eigenvalue weighted by Crippen LogP contribution is -2.19. The fourth-order valence-corrected chi connectivity index (χ4v) is 1.36. The van der Waals surface area contributed by atoms with Crippen molar-refractivity contribution in [1.82, 2.24) is 5.32 Å². The Morgan fingerprint density at radius 3 is 2.57 bits per heavy atom. The van der Waals surface area contributed by atoms with E-state index in [0.717, 1.165) is 11.1 Å². The van der Waals surface area contributed by atoms with Gasteiger partial charge in [-0.1, -0.05) is 24.3 Å². The van der Waals surface area contributed by atoms with Gasteiger partial charge in [0.2, 0.25) is 0 Å². The second-order valence-corrected chi connectivity index (χ2v) is 3.09. The third kappa shape index (κ3) is 1.52. The van der Waals surface area contributed by atoms with Gasteiger partial charge in [-0.15, -0.1) is 0 Å². The fraction of sp³-hybridized carbons (Fsp3) is 0.200. The molecule has 4 heteroatoms. The van der Waals surface area contributed by atoms with E-state index in [-0.39, 0.29) is 12.5 Å². The third-order valence-electron chi connectivity index (χ3n) is 2.16. The Hall–Kier alpha value is -1.68. The average Bonchev–Trinajstić information content (AvgIpc) is 2.65. The van der Waals surface area contributed by atoms with E-state index in [1.165, 1.54) is 6.34 Å². The number of rotatable bonds is 2. The van der Waals surface area contributed by atoms with Crippen molar-refractivity contribution >= 4 is 12.2 Å². The van der Waals surface area contributed by atoms with Crippen LogP contribution < -0.4 is 5.32 Å². The summed E-state index contributed by atoms with van der Waals surface area (Å²) in [6, 6.07) is 6.76. The zero-order chi connectivity index (χ0) is 9.97. The van der Waals surface area contributed by atoms with E-state index in [4.69, 9.17) is 5.11 Å². The number of amides is 1. The molecule has 1 amide bonds. The molecule has 4 nitrogen and oxygen atoms in total. The molecule has 1 aliphatic rings. The Morgan fingerprint density at radius 2 is 2.07 bits per heavy atom. The second-order valence-electron chi connectivity index (χ2n) is 3.09. The molecular weight excluding hydrogens is 180 g/mol. The van der Waals surface area contributed by atoms with Gasteiger partial charge in [0.15, 0.2) is 6.04 Å². The van der Waals surface area contributed by atoms with Gasteiger partial charge in [-0.25, -0.2) is 0 Å². The minimum absolute atomic E-state index is 0.0143. The Balaban J connectivity index is 2.24. The molecule has 1 unspecified atom stereocenters. The molecule has 0 spiro atoms. The molecule has 1 heterocycles. The van der Waals surface area contributed by atoms with Crippen LogP contribution in [0.2, 0.25) is 0 Å². The highest BCUT2D eigenvalue weighted by atomic mass is 16.3. The molecule has 1 atom stereocenters. The molecule has 1 aromatic rings. The summed E-state index contributed by atoms with van der Waals surface area (Å²) >= 11 is 0. The summed E-state index contributed by atoms with van der Waals surface area (Å²) in [5, 5.41) is 11.4. The highest BCUT2D eigenvalue weighted by Crippen LogP contribution is 2.19. The Bertz CT molecular complexity index is 370. The molecule has 0 saturated heterocycles. The highest BCUT2D eigenvalue weighted by Gasteiger charge is 2.21. The average molecular weight is 190 g/mol. The van der Waals surface area contributed by atoms with Crippen molar-refractivity contribution in [2.24, 2.45) is 4.99 Å². The monoisotopic (exact) mass is 190 g/mol. The van der Waals surface area contributed by atoms with Gasteiger partial charge in [0.25, 0.3) is 5.91 Å². The summed E-state index contributed by atoms with van der Waals surface area (Å²) in [5.41, 5.74) is 1.67. The van der Waals surface area contributed by atoms with E-state index in [2.05, 4.69) is 10.3 Å². The van der Waals surface area contributed by atoms with Crippen LogP contribution in [-0.4, -0.2) is 17.4 Å². The minimum atomic E-state index is -0.428. The van der Waals surface area contributed by atoms with Crippen LogP contribution >= 0.6 is 0 Å². The van der Waals surface area contributed by atoms with E-state index >= 15 is 0 Å². The van der Waals surface area contributed by atoms with Crippen LogP contribution in [-0.2, 0) is 11.4 Å². The van der Waals surface area contributed by atoms with Crippen molar-refractivity contribution in [3.63, 3.8) is 0 Å². The Labute approximate surface area is 81.3 Å². The zero-order valence-electron chi connectivity index (χ0n) is 7.47. The molecule has 2 N–H and O–H groups in total. The van der Waals surface area contributed by atoms with Gasteiger partial charge < -0.3 is 10.4 Å². The normalized spacial score (nSPS) is 19.8. The van der Waals surface area contributed by atoms with Crippen LogP contribution in [0.25, 0.3) is 0 Å². The smallest absolute Gasteiger partial charge is 0.254 e. The van der Waals surface area contributed by atoms with Crippen LogP contribution in [0.1, 0.15) is 17.2 Å². The minimum Gasteiger partial charge on any atom is -0.392 e. The first kappa shape index (κ1) is 8.90. The first-order valence-corrected chi connectivity index (χ1v) is 4.33. The number of nitrogens with zero attached hydrogens (tertiary/aromatic N) is 1. The van der Waals surface area contributed by atoms with Crippen LogP contribution in [0.3, 0.4) is 0 Å². The lowest BCUT2D eigenvalue weighted by molar-refractivity contribution is -0.120. The molecule has 14 heavy (non-hydrogen) atoms. The summed E-state index contributed by atoms with van der Waals surface area (Å²) in [5.74, 6) is -0.109. The number of aliphatic hydroxyl groups excluding tert-OH is 1. The number of benzene rings is 1. The molecule has 0 saturated carbocycles. The summed E-state index contributed by atoms with van der Waals surface area (Å²) < 4.78 is 0. The van der Waals surface area contributed by atoms with Gasteiger partial charge in [-0.05, 0) is 11.1 Å². The van der Waals surface area contributed by atoms with Crippen molar-refractivity contribution in [1.29, 1.82) is 0 Å². The number of aliphatic imine (C=N–C) groups is 1.